The van der Waals surface area contributed by atoms with Crippen LogP contribution in [0.1, 0.15) is 53.4 Å². The summed E-state index contributed by atoms with van der Waals surface area (Å²) in [6.07, 6.45) is 3.68. The van der Waals surface area contributed by atoms with Crippen molar-refractivity contribution in [3.63, 3.8) is 0 Å². The summed E-state index contributed by atoms with van der Waals surface area (Å²) in [6.45, 7) is 10.6. The molecule has 0 radical (unpaired) electrons. The lowest BCUT2D eigenvalue weighted by Gasteiger charge is -2.34. The van der Waals surface area contributed by atoms with E-state index in [-0.39, 0.29) is 12.7 Å². The van der Waals surface area contributed by atoms with Crippen LogP contribution in [0.2, 0.25) is 0 Å². The lowest BCUT2D eigenvalue weighted by Crippen LogP contribution is -2.47. The van der Waals surface area contributed by atoms with Crippen LogP contribution in [0.3, 0.4) is 0 Å². The lowest BCUT2D eigenvalue weighted by atomic mass is 10.0. The second-order valence-corrected chi connectivity index (χ2v) is 6.94. The van der Waals surface area contributed by atoms with Crippen molar-refractivity contribution in [1.29, 1.82) is 0 Å². The number of hydrogen-bond acceptors (Lipinski definition) is 4. The van der Waals surface area contributed by atoms with Crippen LogP contribution in [0.15, 0.2) is 0 Å². The van der Waals surface area contributed by atoms with E-state index in [0.29, 0.717) is 12.0 Å². The van der Waals surface area contributed by atoms with Crippen molar-refractivity contribution in [2.24, 2.45) is 5.92 Å². The number of nitrogens with zero attached hydrogens (tertiary/aromatic N) is 1. The molecule has 0 aromatic heterocycles. The molecule has 2 N–H and O–H groups in total. The number of amides is 1. The molecule has 0 bridgehead atoms. The Morgan fingerprint density at radius 1 is 1.38 bits per heavy atom. The number of nitrogens with one attached hydrogen (secondary N) is 1. The second-order valence-electron chi connectivity index (χ2n) is 6.94. The third-order valence-electron chi connectivity index (χ3n) is 3.96. The molecule has 1 heterocycles. The van der Waals surface area contributed by atoms with Gasteiger partial charge < -0.3 is 20.1 Å². The lowest BCUT2D eigenvalue weighted by molar-refractivity contribution is 0.0197. The van der Waals surface area contributed by atoms with Gasteiger partial charge in [-0.05, 0) is 52.5 Å². The third kappa shape index (κ3) is 7.14. The van der Waals surface area contributed by atoms with Gasteiger partial charge in [0.05, 0.1) is 0 Å². The smallest absolute Gasteiger partial charge is 0.410 e. The maximum atomic E-state index is 12.0. The molecule has 1 unspecified atom stereocenters. The number of aliphatic hydroxyl groups is 1. The molecule has 1 rings (SSSR count). The quantitative estimate of drug-likeness (QED) is 0.790. The fourth-order valence-electron chi connectivity index (χ4n) is 2.56. The van der Waals surface area contributed by atoms with Crippen LogP contribution < -0.4 is 5.32 Å². The van der Waals surface area contributed by atoms with Gasteiger partial charge in [-0.3, -0.25) is 0 Å². The van der Waals surface area contributed by atoms with E-state index in [9.17, 15) is 4.79 Å². The normalized spacial score (nSPS) is 18.6. The molecule has 0 aromatic carbocycles. The van der Waals surface area contributed by atoms with Crippen LogP contribution in [0.25, 0.3) is 0 Å². The van der Waals surface area contributed by atoms with Crippen LogP contribution in [0.4, 0.5) is 4.79 Å². The number of aliphatic hydroxyl groups excluding tert-OH is 1. The minimum Gasteiger partial charge on any atom is -0.444 e. The van der Waals surface area contributed by atoms with Crippen LogP contribution >= 0.6 is 0 Å². The predicted octanol–water partition coefficient (Wildman–Crippen LogP) is 2.38. The summed E-state index contributed by atoms with van der Waals surface area (Å²) in [5.74, 6) is 0.541. The first-order valence-electron chi connectivity index (χ1n) is 8.18. The van der Waals surface area contributed by atoms with Crippen molar-refractivity contribution >= 4 is 6.09 Å². The Bertz CT molecular complexity index is 307. The van der Waals surface area contributed by atoms with Crippen LogP contribution in [-0.4, -0.2) is 54.0 Å². The fraction of sp³-hybridized carbons (Fsp3) is 0.938. The molecule has 5 heteroatoms. The molecule has 1 amide bonds. The van der Waals surface area contributed by atoms with Gasteiger partial charge >= 0.3 is 6.09 Å². The van der Waals surface area contributed by atoms with Gasteiger partial charge in [-0.25, -0.2) is 4.79 Å². The summed E-state index contributed by atoms with van der Waals surface area (Å²) in [6, 6.07) is 0.469. The number of hydrogen-bond donors (Lipinski definition) is 2. The molecule has 1 saturated heterocycles. The third-order valence-corrected chi connectivity index (χ3v) is 3.96. The van der Waals surface area contributed by atoms with Crippen molar-refractivity contribution in [2.75, 3.05) is 26.2 Å². The van der Waals surface area contributed by atoms with Gasteiger partial charge in [-0.2, -0.15) is 0 Å². The predicted molar refractivity (Wildman–Crippen MR) is 84.3 cm³/mol. The Morgan fingerprint density at radius 2 is 2.00 bits per heavy atom. The highest BCUT2D eigenvalue weighted by Gasteiger charge is 2.26. The maximum absolute atomic E-state index is 12.0. The zero-order valence-corrected chi connectivity index (χ0v) is 14.0. The van der Waals surface area contributed by atoms with Crippen LogP contribution in [0.5, 0.6) is 0 Å². The Morgan fingerprint density at radius 3 is 2.48 bits per heavy atom. The number of carbonyl (C=O) groups is 1. The van der Waals surface area contributed by atoms with E-state index in [1.807, 2.05) is 20.8 Å². The molecule has 21 heavy (non-hydrogen) atoms. The second kappa shape index (κ2) is 8.59. The molecule has 1 aliphatic heterocycles. The molecular weight excluding hydrogens is 268 g/mol. The Kier molecular flexibility index (Phi) is 7.46. The molecule has 0 spiro atoms. The Labute approximate surface area is 129 Å². The van der Waals surface area contributed by atoms with Crippen LogP contribution in [-0.2, 0) is 4.74 Å². The highest BCUT2D eigenvalue weighted by molar-refractivity contribution is 5.68. The Balaban J connectivity index is 2.27. The average Bonchev–Trinajstić information content (AvgIpc) is 2.42. The minimum atomic E-state index is -0.426. The monoisotopic (exact) mass is 300 g/mol. The molecule has 5 nitrogen and oxygen atoms in total. The van der Waals surface area contributed by atoms with Gasteiger partial charge in [0, 0.05) is 25.7 Å². The van der Waals surface area contributed by atoms with Gasteiger partial charge in [-0.15, -0.1) is 0 Å². The molecule has 124 valence electrons. The van der Waals surface area contributed by atoms with E-state index >= 15 is 0 Å². The van der Waals surface area contributed by atoms with Gasteiger partial charge in [-0.1, -0.05) is 13.3 Å². The van der Waals surface area contributed by atoms with Crippen molar-refractivity contribution in [3.8, 4) is 0 Å². The first-order chi connectivity index (χ1) is 9.85. The molecule has 0 aromatic rings. The summed E-state index contributed by atoms with van der Waals surface area (Å²) in [5.41, 5.74) is -0.426. The summed E-state index contributed by atoms with van der Waals surface area (Å²) in [4.78, 5) is 13.8. The number of likely N-dealkylation sites (tertiary alicyclic amines) is 1. The first-order valence-corrected chi connectivity index (χ1v) is 8.18. The first kappa shape index (κ1) is 18.2. The zero-order chi connectivity index (χ0) is 15.9. The number of carbonyl (C=O) groups excluding carboxylic acids is 1. The van der Waals surface area contributed by atoms with E-state index in [0.717, 1.165) is 45.3 Å². The largest absolute Gasteiger partial charge is 0.444 e. The van der Waals surface area contributed by atoms with E-state index in [1.54, 1.807) is 4.90 Å². The maximum Gasteiger partial charge on any atom is 0.410 e. The summed E-state index contributed by atoms with van der Waals surface area (Å²) in [7, 11) is 0. The Hall–Kier alpha value is -0.810. The van der Waals surface area contributed by atoms with Crippen molar-refractivity contribution in [3.05, 3.63) is 0 Å². The SMILES string of the molecule is CCC(CCO)CNC1CCN(C(=O)OC(C)(C)C)CC1. The van der Waals surface area contributed by atoms with Gasteiger partial charge in [0.15, 0.2) is 0 Å². The molecular formula is C16H32N2O3. The van der Waals surface area contributed by atoms with E-state index in [2.05, 4.69) is 12.2 Å². The molecule has 1 aliphatic rings. The highest BCUT2D eigenvalue weighted by atomic mass is 16.6. The van der Waals surface area contributed by atoms with Crippen molar-refractivity contribution < 1.29 is 14.6 Å². The van der Waals surface area contributed by atoms with Crippen molar-refractivity contribution in [1.82, 2.24) is 10.2 Å². The van der Waals surface area contributed by atoms with E-state index < -0.39 is 5.60 Å². The summed E-state index contributed by atoms with van der Waals surface area (Å²) < 4.78 is 5.40. The minimum absolute atomic E-state index is 0.201. The van der Waals surface area contributed by atoms with Gasteiger partial charge in [0.2, 0.25) is 0 Å². The highest BCUT2D eigenvalue weighted by Crippen LogP contribution is 2.16. The molecule has 0 saturated carbocycles. The average molecular weight is 300 g/mol. The molecule has 1 atom stereocenters. The van der Waals surface area contributed by atoms with Crippen molar-refractivity contribution in [2.45, 2.75) is 65.0 Å². The van der Waals surface area contributed by atoms with Crippen LogP contribution in [0, 0.1) is 5.92 Å². The topological polar surface area (TPSA) is 61.8 Å². The molecule has 1 fully saturated rings. The standard InChI is InChI=1S/C16H32N2O3/c1-5-13(8-11-19)12-17-14-6-9-18(10-7-14)15(20)21-16(2,3)4/h13-14,17,19H,5-12H2,1-4H3. The summed E-state index contributed by atoms with van der Waals surface area (Å²) in [5, 5.41) is 12.6. The summed E-state index contributed by atoms with van der Waals surface area (Å²) >= 11 is 0. The van der Waals surface area contributed by atoms with E-state index in [1.165, 1.54) is 0 Å². The van der Waals surface area contributed by atoms with Gasteiger partial charge in [0.25, 0.3) is 0 Å². The fourth-order valence-corrected chi connectivity index (χ4v) is 2.56. The zero-order valence-electron chi connectivity index (χ0n) is 14.0. The molecule has 0 aliphatic carbocycles. The number of rotatable bonds is 6. The number of piperidine rings is 1. The van der Waals surface area contributed by atoms with E-state index in [4.69, 9.17) is 9.84 Å². The number of ether oxygens (including phenoxy) is 1. The van der Waals surface area contributed by atoms with Gasteiger partial charge in [0.1, 0.15) is 5.60 Å².